The van der Waals surface area contributed by atoms with Crippen LogP contribution in [0.25, 0.3) is 10.9 Å². The second kappa shape index (κ2) is 5.62. The number of nitrogens with one attached hydrogen (secondary N) is 2. The van der Waals surface area contributed by atoms with Gasteiger partial charge in [0.1, 0.15) is 13.1 Å². The normalized spacial score (nSPS) is 17.6. The topological polar surface area (TPSA) is 20.2 Å². The van der Waals surface area contributed by atoms with Gasteiger partial charge in [-0.05, 0) is 17.7 Å². The van der Waals surface area contributed by atoms with E-state index in [1.54, 1.807) is 0 Å². The summed E-state index contributed by atoms with van der Waals surface area (Å²) in [6.07, 6.45) is 1.10. The Morgan fingerprint density at radius 3 is 2.82 bits per heavy atom. The van der Waals surface area contributed by atoms with Crippen molar-refractivity contribution in [2.75, 3.05) is 6.54 Å². The zero-order chi connectivity index (χ0) is 15.1. The molecule has 2 heterocycles. The Bertz CT molecular complexity index is 838. The van der Waals surface area contributed by atoms with Crippen molar-refractivity contribution in [3.63, 3.8) is 0 Å². The fraction of sp³-hybridized carbons (Fsp3) is 0.222. The summed E-state index contributed by atoms with van der Waals surface area (Å²) in [5.41, 5.74) is 5.22. The van der Waals surface area contributed by atoms with Crippen LogP contribution in [-0.2, 0) is 19.5 Å². The van der Waals surface area contributed by atoms with Gasteiger partial charge in [-0.25, -0.2) is 0 Å². The fourth-order valence-corrected chi connectivity index (χ4v) is 3.82. The second-order valence-corrected chi connectivity index (χ2v) is 6.73. The average Bonchev–Trinajstić information content (AvgIpc) is 2.89. The van der Waals surface area contributed by atoms with Crippen molar-refractivity contribution in [2.45, 2.75) is 19.5 Å². The van der Waals surface area contributed by atoms with Crippen LogP contribution in [0.3, 0.4) is 0 Å². The number of hydrogen-bond donors (Lipinski definition) is 2. The lowest BCUT2D eigenvalue weighted by Crippen LogP contribution is -3.10. The smallest absolute Gasteiger partial charge is 0.118 e. The molecule has 22 heavy (non-hydrogen) atoms. The molecule has 0 radical (unpaired) electrons. The van der Waals surface area contributed by atoms with Crippen LogP contribution in [0.5, 0.6) is 0 Å². The van der Waals surface area contributed by atoms with Crippen molar-refractivity contribution in [2.24, 2.45) is 0 Å². The number of quaternary nitrogens is 1. The number of aromatic nitrogens is 1. The van der Waals surface area contributed by atoms with Gasteiger partial charge in [0.25, 0.3) is 0 Å². The van der Waals surface area contributed by atoms with Gasteiger partial charge in [-0.15, -0.1) is 0 Å². The van der Waals surface area contributed by atoms with Gasteiger partial charge in [-0.2, -0.15) is 0 Å². The van der Waals surface area contributed by atoms with E-state index in [-0.39, 0.29) is 0 Å². The van der Waals surface area contributed by atoms with Gasteiger partial charge < -0.3 is 9.88 Å². The number of H-pyrrole nitrogens is 1. The SMILES string of the molecule is Clc1cccc(C[NH+]2CCc3c([nH]c4ccccc34)C2)c1Cl. The Morgan fingerprint density at radius 2 is 1.91 bits per heavy atom. The third-order valence-corrected chi connectivity index (χ3v) is 5.39. The van der Waals surface area contributed by atoms with E-state index in [2.05, 4.69) is 35.3 Å². The predicted molar refractivity (Wildman–Crippen MR) is 91.7 cm³/mol. The molecular weight excluding hydrogens is 315 g/mol. The Morgan fingerprint density at radius 1 is 1.05 bits per heavy atom. The molecule has 2 aromatic carbocycles. The quantitative estimate of drug-likeness (QED) is 0.715. The molecule has 2 nitrogen and oxygen atoms in total. The monoisotopic (exact) mass is 331 g/mol. The van der Waals surface area contributed by atoms with Crippen LogP contribution in [0.2, 0.25) is 10.0 Å². The van der Waals surface area contributed by atoms with Crippen molar-refractivity contribution in [3.05, 3.63) is 69.3 Å². The molecule has 1 aliphatic rings. The number of halogens is 2. The summed E-state index contributed by atoms with van der Waals surface area (Å²) in [7, 11) is 0. The first kappa shape index (κ1) is 14.1. The van der Waals surface area contributed by atoms with Crippen molar-refractivity contribution in [1.29, 1.82) is 0 Å². The number of para-hydroxylation sites is 1. The highest BCUT2D eigenvalue weighted by molar-refractivity contribution is 6.42. The Hall–Kier alpha value is -1.48. The Balaban J connectivity index is 1.61. The molecule has 112 valence electrons. The largest absolute Gasteiger partial charge is 0.354 e. The molecule has 0 saturated carbocycles. The molecule has 0 amide bonds. The predicted octanol–water partition coefficient (Wildman–Crippen LogP) is 3.62. The molecule has 1 atom stereocenters. The summed E-state index contributed by atoms with van der Waals surface area (Å²) >= 11 is 12.4. The highest BCUT2D eigenvalue weighted by Gasteiger charge is 2.24. The van der Waals surface area contributed by atoms with E-state index < -0.39 is 0 Å². The summed E-state index contributed by atoms with van der Waals surface area (Å²) in [4.78, 5) is 5.09. The van der Waals surface area contributed by atoms with E-state index in [0.29, 0.717) is 10.0 Å². The average molecular weight is 332 g/mol. The standard InChI is InChI=1S/C18H16Cl2N2/c19-15-6-3-4-12(18(15)20)10-22-9-8-14-13-5-1-2-7-16(13)21-17(14)11-22/h1-7,21H,8-11H2/p+1. The first-order chi connectivity index (χ1) is 10.7. The maximum absolute atomic E-state index is 6.32. The molecule has 4 rings (SSSR count). The molecule has 0 spiro atoms. The van der Waals surface area contributed by atoms with E-state index >= 15 is 0 Å². The third kappa shape index (κ3) is 2.41. The van der Waals surface area contributed by atoms with Gasteiger partial charge in [0.2, 0.25) is 0 Å². The van der Waals surface area contributed by atoms with Gasteiger partial charge in [-0.3, -0.25) is 0 Å². The molecule has 0 fully saturated rings. The first-order valence-electron chi connectivity index (χ1n) is 7.57. The van der Waals surface area contributed by atoms with Gasteiger partial charge in [-0.1, -0.05) is 53.5 Å². The molecule has 3 aromatic rings. The second-order valence-electron chi connectivity index (χ2n) is 5.94. The molecule has 4 heteroatoms. The zero-order valence-electron chi connectivity index (χ0n) is 12.1. The minimum atomic E-state index is 0.641. The van der Waals surface area contributed by atoms with E-state index in [1.165, 1.54) is 27.1 Å². The van der Waals surface area contributed by atoms with Gasteiger partial charge in [0.15, 0.2) is 0 Å². The van der Waals surface area contributed by atoms with Crippen molar-refractivity contribution in [1.82, 2.24) is 4.98 Å². The van der Waals surface area contributed by atoms with Crippen LogP contribution < -0.4 is 4.90 Å². The van der Waals surface area contributed by atoms with E-state index in [9.17, 15) is 0 Å². The van der Waals surface area contributed by atoms with Crippen LogP contribution in [0.1, 0.15) is 16.8 Å². The van der Waals surface area contributed by atoms with Gasteiger partial charge >= 0.3 is 0 Å². The molecule has 0 bridgehead atoms. The van der Waals surface area contributed by atoms with Gasteiger partial charge in [0.05, 0.1) is 22.3 Å². The molecule has 0 aliphatic carbocycles. The van der Waals surface area contributed by atoms with Crippen LogP contribution >= 0.6 is 23.2 Å². The van der Waals surface area contributed by atoms with Crippen LogP contribution in [0, 0.1) is 0 Å². The van der Waals surface area contributed by atoms with Crippen molar-refractivity contribution >= 4 is 34.1 Å². The van der Waals surface area contributed by atoms with E-state index in [0.717, 1.165) is 31.6 Å². The van der Waals surface area contributed by atoms with Gasteiger partial charge in [0, 0.05) is 22.9 Å². The summed E-state index contributed by atoms with van der Waals surface area (Å²) in [5.74, 6) is 0. The van der Waals surface area contributed by atoms with Crippen LogP contribution in [-0.4, -0.2) is 11.5 Å². The van der Waals surface area contributed by atoms with Crippen molar-refractivity contribution < 1.29 is 4.90 Å². The molecule has 1 unspecified atom stereocenters. The lowest BCUT2D eigenvalue weighted by molar-refractivity contribution is -0.929. The lowest BCUT2D eigenvalue weighted by atomic mass is 10.0. The lowest BCUT2D eigenvalue weighted by Gasteiger charge is -2.24. The van der Waals surface area contributed by atoms with Crippen LogP contribution in [0.15, 0.2) is 42.5 Å². The zero-order valence-corrected chi connectivity index (χ0v) is 13.6. The first-order valence-corrected chi connectivity index (χ1v) is 8.33. The summed E-state index contributed by atoms with van der Waals surface area (Å²) in [6, 6.07) is 14.4. The molecular formula is C18H17Cl2N2+. The minimum absolute atomic E-state index is 0.641. The maximum Gasteiger partial charge on any atom is 0.118 e. The maximum atomic E-state index is 6.32. The Labute approximate surface area is 139 Å². The molecule has 2 N–H and O–H groups in total. The minimum Gasteiger partial charge on any atom is -0.354 e. The third-order valence-electron chi connectivity index (χ3n) is 4.53. The summed E-state index contributed by atoms with van der Waals surface area (Å²) in [5, 5.41) is 2.71. The summed E-state index contributed by atoms with van der Waals surface area (Å²) in [6.45, 7) is 3.04. The van der Waals surface area contributed by atoms with E-state index in [1.807, 2.05) is 12.1 Å². The number of hydrogen-bond acceptors (Lipinski definition) is 0. The van der Waals surface area contributed by atoms with Crippen molar-refractivity contribution in [3.8, 4) is 0 Å². The number of rotatable bonds is 2. The molecule has 1 aliphatic heterocycles. The fourth-order valence-electron chi connectivity index (χ4n) is 3.44. The molecule has 1 aromatic heterocycles. The summed E-state index contributed by atoms with van der Waals surface area (Å²) < 4.78 is 0. The van der Waals surface area contributed by atoms with Crippen LogP contribution in [0.4, 0.5) is 0 Å². The van der Waals surface area contributed by atoms with E-state index in [4.69, 9.17) is 23.2 Å². The number of aromatic amines is 1. The highest BCUT2D eigenvalue weighted by Crippen LogP contribution is 2.26. The highest BCUT2D eigenvalue weighted by atomic mass is 35.5. The molecule has 0 saturated heterocycles. The Kier molecular flexibility index (Phi) is 3.61. The number of benzene rings is 2. The number of fused-ring (bicyclic) bond motifs is 3.